The molecule has 9 heteroatoms. The quantitative estimate of drug-likeness (QED) is 0.352. The Labute approximate surface area is 112 Å². The number of ether oxygens (including phenoxy) is 2. The van der Waals surface area contributed by atoms with Gasteiger partial charge in [0.2, 0.25) is 0 Å². The van der Waals surface area contributed by atoms with Gasteiger partial charge in [0.05, 0.1) is 18.8 Å². The number of hydrogen-bond acceptors (Lipinski definition) is 5. The Morgan fingerprint density at radius 1 is 1.21 bits per heavy atom. The van der Waals surface area contributed by atoms with Gasteiger partial charge >= 0.3 is 7.60 Å². The average molecular weight is 299 g/mol. The summed E-state index contributed by atoms with van der Waals surface area (Å²) < 4.78 is 21.9. The van der Waals surface area contributed by atoms with E-state index in [2.05, 4.69) is 0 Å². The lowest BCUT2D eigenvalue weighted by Crippen LogP contribution is -2.60. The maximum absolute atomic E-state index is 11.7. The van der Waals surface area contributed by atoms with Crippen molar-refractivity contribution in [2.75, 3.05) is 6.61 Å². The molecule has 1 atom stereocenters. The summed E-state index contributed by atoms with van der Waals surface area (Å²) in [5.74, 6) is -3.58. The molecule has 0 aromatic rings. The minimum atomic E-state index is -4.86. The van der Waals surface area contributed by atoms with Crippen LogP contribution in [0, 0.1) is 0 Å². The number of primary amides is 1. The maximum atomic E-state index is 11.7. The van der Waals surface area contributed by atoms with Crippen molar-refractivity contribution in [2.24, 2.45) is 5.73 Å². The number of nitrogens with two attached hydrogens (primary N) is 1. The Bertz CT molecular complexity index is 342. The molecule has 0 bridgehead atoms. The van der Waals surface area contributed by atoms with Crippen LogP contribution in [0.3, 0.4) is 0 Å². The SMILES string of the molecule is CC(C)OC(OC(C)C)(C(N)=O)C(CO)P(=O)(O)O. The van der Waals surface area contributed by atoms with Crippen LogP contribution < -0.4 is 5.73 Å². The summed E-state index contributed by atoms with van der Waals surface area (Å²) >= 11 is 0. The first kappa shape index (κ1) is 18.5. The Hall–Kier alpha value is -0.500. The van der Waals surface area contributed by atoms with Gasteiger partial charge in [-0.3, -0.25) is 9.36 Å². The number of aliphatic hydroxyl groups excluding tert-OH is 1. The molecule has 0 fully saturated rings. The Balaban J connectivity index is 5.79. The maximum Gasteiger partial charge on any atom is 0.336 e. The summed E-state index contributed by atoms with van der Waals surface area (Å²) in [7, 11) is -4.86. The van der Waals surface area contributed by atoms with Crippen LogP contribution in [0.15, 0.2) is 0 Å². The number of amides is 1. The van der Waals surface area contributed by atoms with Crippen LogP contribution in [0.5, 0.6) is 0 Å². The van der Waals surface area contributed by atoms with E-state index in [0.717, 1.165) is 0 Å². The minimum Gasteiger partial charge on any atom is -0.395 e. The zero-order valence-corrected chi connectivity index (χ0v) is 12.3. The summed E-state index contributed by atoms with van der Waals surface area (Å²) in [6.07, 6.45) is -1.18. The van der Waals surface area contributed by atoms with E-state index < -0.39 is 43.8 Å². The Kier molecular flexibility index (Phi) is 6.61. The molecule has 0 heterocycles. The van der Waals surface area contributed by atoms with Crippen LogP contribution in [0.25, 0.3) is 0 Å². The van der Waals surface area contributed by atoms with Gasteiger partial charge in [-0.1, -0.05) is 0 Å². The van der Waals surface area contributed by atoms with E-state index in [1.54, 1.807) is 27.7 Å². The molecule has 0 rings (SSSR count). The fraction of sp³-hybridized carbons (Fsp3) is 0.900. The molecular formula is C10H22NO7P. The molecule has 0 aromatic carbocycles. The van der Waals surface area contributed by atoms with Crippen molar-refractivity contribution >= 4 is 13.5 Å². The molecule has 5 N–H and O–H groups in total. The molecule has 0 saturated carbocycles. The van der Waals surface area contributed by atoms with Gasteiger partial charge in [0, 0.05) is 0 Å². The molecule has 0 aromatic heterocycles. The molecule has 0 saturated heterocycles. The molecule has 0 aliphatic heterocycles. The largest absolute Gasteiger partial charge is 0.395 e. The van der Waals surface area contributed by atoms with Crippen LogP contribution >= 0.6 is 7.60 Å². The second kappa shape index (κ2) is 6.78. The van der Waals surface area contributed by atoms with Crippen LogP contribution in [-0.4, -0.2) is 51.1 Å². The van der Waals surface area contributed by atoms with Gasteiger partial charge in [-0.15, -0.1) is 0 Å². The van der Waals surface area contributed by atoms with Gasteiger partial charge in [-0.25, -0.2) is 0 Å². The van der Waals surface area contributed by atoms with Crippen molar-refractivity contribution in [1.82, 2.24) is 0 Å². The van der Waals surface area contributed by atoms with Gasteiger partial charge in [0.15, 0.2) is 0 Å². The first-order valence-corrected chi connectivity index (χ1v) is 7.47. The van der Waals surface area contributed by atoms with Crippen LogP contribution in [-0.2, 0) is 18.8 Å². The third kappa shape index (κ3) is 4.83. The van der Waals surface area contributed by atoms with Gasteiger partial charge in [0.1, 0.15) is 5.66 Å². The minimum absolute atomic E-state index is 0.591. The molecule has 114 valence electrons. The van der Waals surface area contributed by atoms with Crippen LogP contribution in [0.2, 0.25) is 0 Å². The molecule has 19 heavy (non-hydrogen) atoms. The van der Waals surface area contributed by atoms with Crippen LogP contribution in [0.4, 0.5) is 0 Å². The first-order valence-electron chi connectivity index (χ1n) is 5.79. The van der Waals surface area contributed by atoms with E-state index in [1.807, 2.05) is 0 Å². The van der Waals surface area contributed by atoms with E-state index >= 15 is 0 Å². The second-order valence-electron chi connectivity index (χ2n) is 4.65. The topological polar surface area (TPSA) is 139 Å². The van der Waals surface area contributed by atoms with E-state index in [-0.39, 0.29) is 0 Å². The van der Waals surface area contributed by atoms with E-state index in [0.29, 0.717) is 0 Å². The third-order valence-corrected chi connectivity index (χ3v) is 3.50. The lowest BCUT2D eigenvalue weighted by molar-refractivity contribution is -0.258. The normalized spacial score (nSPS) is 15.0. The van der Waals surface area contributed by atoms with Crippen molar-refractivity contribution in [3.63, 3.8) is 0 Å². The lowest BCUT2D eigenvalue weighted by Gasteiger charge is -2.39. The van der Waals surface area contributed by atoms with Gasteiger partial charge in [0.25, 0.3) is 11.7 Å². The van der Waals surface area contributed by atoms with Gasteiger partial charge in [-0.05, 0) is 27.7 Å². The third-order valence-electron chi connectivity index (χ3n) is 2.18. The Morgan fingerprint density at radius 2 is 1.58 bits per heavy atom. The molecule has 1 unspecified atom stereocenters. The molecule has 1 amide bonds. The summed E-state index contributed by atoms with van der Waals surface area (Å²) in [5.41, 5.74) is 3.31. The second-order valence-corrected chi connectivity index (χ2v) is 6.45. The van der Waals surface area contributed by atoms with Gasteiger partial charge < -0.3 is 30.1 Å². The van der Waals surface area contributed by atoms with E-state index in [4.69, 9.17) is 15.2 Å². The highest BCUT2D eigenvalue weighted by molar-refractivity contribution is 7.52. The molecule has 0 aliphatic carbocycles. The summed E-state index contributed by atoms with van der Waals surface area (Å²) in [4.78, 5) is 30.2. The summed E-state index contributed by atoms with van der Waals surface area (Å²) in [6, 6.07) is 0. The van der Waals surface area contributed by atoms with Crippen molar-refractivity contribution < 1.29 is 33.7 Å². The smallest absolute Gasteiger partial charge is 0.336 e. The molecule has 8 nitrogen and oxygen atoms in total. The predicted octanol–water partition coefficient (Wildman–Crippen LogP) is -0.443. The number of rotatable bonds is 8. The first-order chi connectivity index (χ1) is 8.47. The zero-order valence-electron chi connectivity index (χ0n) is 11.4. The van der Waals surface area contributed by atoms with E-state index in [9.17, 15) is 24.3 Å². The molecule has 0 aliphatic rings. The summed E-state index contributed by atoms with van der Waals surface area (Å²) in [5, 5.41) is 9.21. The molecule has 0 radical (unpaired) electrons. The van der Waals surface area contributed by atoms with E-state index in [1.165, 1.54) is 0 Å². The van der Waals surface area contributed by atoms with Crippen molar-refractivity contribution in [2.45, 2.75) is 51.3 Å². The number of carbonyl (C=O) groups excluding carboxylic acids is 1. The van der Waals surface area contributed by atoms with Gasteiger partial charge in [-0.2, -0.15) is 0 Å². The standard InChI is InChI=1S/C10H22NO7P/c1-6(2)17-10(9(11)13,18-7(3)4)8(5-12)19(14,15)16/h6-8,12H,5H2,1-4H3,(H2,11,13)(H2,14,15,16). The fourth-order valence-electron chi connectivity index (χ4n) is 1.61. The Morgan fingerprint density at radius 3 is 1.74 bits per heavy atom. The fourth-order valence-corrected chi connectivity index (χ4v) is 2.52. The number of carbonyl (C=O) groups is 1. The highest BCUT2D eigenvalue weighted by Gasteiger charge is 2.56. The number of aliphatic hydroxyl groups is 1. The lowest BCUT2D eigenvalue weighted by atomic mass is 10.1. The number of hydrogen-bond donors (Lipinski definition) is 4. The van der Waals surface area contributed by atoms with Crippen molar-refractivity contribution in [3.05, 3.63) is 0 Å². The average Bonchev–Trinajstić information content (AvgIpc) is 2.12. The van der Waals surface area contributed by atoms with Crippen molar-refractivity contribution in [1.29, 1.82) is 0 Å². The molecule has 0 spiro atoms. The van der Waals surface area contributed by atoms with Crippen LogP contribution in [0.1, 0.15) is 27.7 Å². The predicted molar refractivity (Wildman–Crippen MR) is 67.3 cm³/mol. The molecular weight excluding hydrogens is 277 g/mol. The highest BCUT2D eigenvalue weighted by atomic mass is 31.2. The van der Waals surface area contributed by atoms with Crippen molar-refractivity contribution in [3.8, 4) is 0 Å². The zero-order chi connectivity index (χ0) is 15.4. The summed E-state index contributed by atoms with van der Waals surface area (Å²) in [6.45, 7) is 5.20. The highest BCUT2D eigenvalue weighted by Crippen LogP contribution is 2.48. The monoisotopic (exact) mass is 299 g/mol.